The number of nitrogens with zero attached hydrogens (tertiary/aromatic N) is 2. The van der Waals surface area contributed by atoms with Gasteiger partial charge in [0.15, 0.2) is 17.8 Å². The number of carbonyl (C=O) groups excluding carboxylic acids is 1. The van der Waals surface area contributed by atoms with Gasteiger partial charge in [0, 0.05) is 18.7 Å². The Morgan fingerprint density at radius 3 is 2.68 bits per heavy atom. The maximum Gasteiger partial charge on any atom is 0.308 e. The molecule has 0 spiro atoms. The fourth-order valence-corrected chi connectivity index (χ4v) is 2.60. The Kier molecular flexibility index (Phi) is 3.66. The molecule has 0 aliphatic carbocycles. The molecule has 1 unspecified atom stereocenters. The molecule has 2 heterocycles. The van der Waals surface area contributed by atoms with Crippen LogP contribution in [0.4, 0.5) is 0 Å². The predicted octanol–water partition coefficient (Wildman–Crippen LogP) is 2.20. The Balaban J connectivity index is 1.84. The minimum atomic E-state index is -0.866. The van der Waals surface area contributed by atoms with Crippen molar-refractivity contribution in [2.45, 2.75) is 13.3 Å². The zero-order valence-electron chi connectivity index (χ0n) is 12.2. The van der Waals surface area contributed by atoms with E-state index < -0.39 is 11.9 Å². The average molecular weight is 300 g/mol. The van der Waals surface area contributed by atoms with Gasteiger partial charge in [-0.3, -0.25) is 9.59 Å². The van der Waals surface area contributed by atoms with Crippen molar-refractivity contribution in [3.63, 3.8) is 0 Å². The minimum Gasteiger partial charge on any atom is -0.481 e. The summed E-state index contributed by atoms with van der Waals surface area (Å²) in [7, 11) is 0. The summed E-state index contributed by atoms with van der Waals surface area (Å²) in [4.78, 5) is 29.1. The van der Waals surface area contributed by atoms with Crippen molar-refractivity contribution in [2.24, 2.45) is 5.92 Å². The van der Waals surface area contributed by atoms with Crippen LogP contribution in [-0.2, 0) is 4.79 Å². The Morgan fingerprint density at radius 1 is 1.32 bits per heavy atom. The van der Waals surface area contributed by atoms with Crippen LogP contribution in [0.15, 0.2) is 35.1 Å². The Bertz CT molecular complexity index is 705. The van der Waals surface area contributed by atoms with Crippen LogP contribution in [-0.4, -0.2) is 40.0 Å². The monoisotopic (exact) mass is 300 g/mol. The molecule has 114 valence electrons. The zero-order valence-corrected chi connectivity index (χ0v) is 12.2. The van der Waals surface area contributed by atoms with Crippen molar-refractivity contribution in [1.29, 1.82) is 0 Å². The number of aromatic nitrogens is 1. The molecule has 1 N–H and O–H groups in total. The summed E-state index contributed by atoms with van der Waals surface area (Å²) >= 11 is 0. The van der Waals surface area contributed by atoms with Crippen LogP contribution in [0.25, 0.3) is 11.3 Å². The van der Waals surface area contributed by atoms with E-state index >= 15 is 0 Å². The number of carbonyl (C=O) groups is 2. The highest BCUT2D eigenvalue weighted by Crippen LogP contribution is 2.26. The summed E-state index contributed by atoms with van der Waals surface area (Å²) in [5, 5.41) is 9.03. The molecule has 1 aliphatic heterocycles. The number of benzene rings is 1. The summed E-state index contributed by atoms with van der Waals surface area (Å²) in [5.41, 5.74) is 2.12. The van der Waals surface area contributed by atoms with E-state index in [1.165, 1.54) is 11.3 Å². The summed E-state index contributed by atoms with van der Waals surface area (Å²) < 4.78 is 5.37. The molecule has 1 amide bonds. The van der Waals surface area contributed by atoms with Crippen molar-refractivity contribution in [1.82, 2.24) is 9.88 Å². The van der Waals surface area contributed by atoms with E-state index in [0.717, 1.165) is 11.1 Å². The summed E-state index contributed by atoms with van der Waals surface area (Å²) in [6.07, 6.45) is 1.71. The average Bonchev–Trinajstić information content (AvgIpc) is 3.17. The van der Waals surface area contributed by atoms with E-state index in [1.54, 1.807) is 0 Å². The summed E-state index contributed by atoms with van der Waals surface area (Å²) in [5.74, 6) is -1.23. The molecular formula is C16H16N2O4. The lowest BCUT2D eigenvalue weighted by Crippen LogP contribution is -2.30. The first-order chi connectivity index (χ1) is 10.6. The normalized spacial score (nSPS) is 17.7. The Labute approximate surface area is 127 Å². The quantitative estimate of drug-likeness (QED) is 0.939. The van der Waals surface area contributed by atoms with Crippen molar-refractivity contribution >= 4 is 11.9 Å². The van der Waals surface area contributed by atoms with Gasteiger partial charge in [-0.25, -0.2) is 4.98 Å². The van der Waals surface area contributed by atoms with Crippen LogP contribution >= 0.6 is 0 Å². The number of carboxylic acid groups (broad SMARTS) is 1. The third kappa shape index (κ3) is 2.59. The largest absolute Gasteiger partial charge is 0.481 e. The van der Waals surface area contributed by atoms with Crippen LogP contribution in [0.2, 0.25) is 0 Å². The molecule has 1 aliphatic rings. The van der Waals surface area contributed by atoms with E-state index in [0.29, 0.717) is 18.7 Å². The van der Waals surface area contributed by atoms with Crippen LogP contribution < -0.4 is 0 Å². The lowest BCUT2D eigenvalue weighted by Gasteiger charge is -2.14. The van der Waals surface area contributed by atoms with Gasteiger partial charge in [-0.05, 0) is 13.3 Å². The van der Waals surface area contributed by atoms with E-state index in [2.05, 4.69) is 4.98 Å². The highest BCUT2D eigenvalue weighted by molar-refractivity contribution is 5.98. The predicted molar refractivity (Wildman–Crippen MR) is 78.3 cm³/mol. The van der Waals surface area contributed by atoms with Crippen molar-refractivity contribution in [3.05, 3.63) is 41.9 Å². The van der Waals surface area contributed by atoms with Gasteiger partial charge in [0.2, 0.25) is 0 Å². The number of aryl methyl sites for hydroxylation is 1. The highest BCUT2D eigenvalue weighted by atomic mass is 16.4. The van der Waals surface area contributed by atoms with Gasteiger partial charge < -0.3 is 14.4 Å². The van der Waals surface area contributed by atoms with E-state index in [1.807, 2.05) is 31.2 Å². The second-order valence-corrected chi connectivity index (χ2v) is 5.47. The molecule has 0 saturated carbocycles. The molecule has 1 aromatic heterocycles. The standard InChI is InChI=1S/C16H16N2O4/c1-10-2-4-11(5-3-10)14-13(17-9-22-14)15(19)18-7-6-12(8-18)16(20)21/h2-5,9,12H,6-8H2,1H3,(H,20,21). The molecule has 0 bridgehead atoms. The van der Waals surface area contributed by atoms with E-state index in [-0.39, 0.29) is 18.1 Å². The second kappa shape index (κ2) is 5.63. The number of hydrogen-bond acceptors (Lipinski definition) is 4. The van der Waals surface area contributed by atoms with Gasteiger partial charge in [0.1, 0.15) is 0 Å². The first kappa shape index (κ1) is 14.3. The number of rotatable bonds is 3. The third-order valence-corrected chi connectivity index (χ3v) is 3.91. The fraction of sp³-hybridized carbons (Fsp3) is 0.312. The lowest BCUT2D eigenvalue weighted by molar-refractivity contribution is -0.141. The number of aliphatic carboxylic acids is 1. The third-order valence-electron chi connectivity index (χ3n) is 3.91. The van der Waals surface area contributed by atoms with E-state index in [4.69, 9.17) is 9.52 Å². The molecule has 6 heteroatoms. The molecular weight excluding hydrogens is 284 g/mol. The Hall–Kier alpha value is -2.63. The maximum absolute atomic E-state index is 12.5. The maximum atomic E-state index is 12.5. The van der Waals surface area contributed by atoms with Crippen LogP contribution in [0, 0.1) is 12.8 Å². The van der Waals surface area contributed by atoms with Crippen molar-refractivity contribution in [2.75, 3.05) is 13.1 Å². The molecule has 1 aromatic carbocycles. The molecule has 1 fully saturated rings. The van der Waals surface area contributed by atoms with Crippen molar-refractivity contribution < 1.29 is 19.1 Å². The van der Waals surface area contributed by atoms with Gasteiger partial charge in [-0.1, -0.05) is 29.8 Å². The van der Waals surface area contributed by atoms with Crippen molar-refractivity contribution in [3.8, 4) is 11.3 Å². The molecule has 1 atom stereocenters. The van der Waals surface area contributed by atoms with Crippen LogP contribution in [0.3, 0.4) is 0 Å². The second-order valence-electron chi connectivity index (χ2n) is 5.47. The van der Waals surface area contributed by atoms with Crippen LogP contribution in [0.5, 0.6) is 0 Å². The molecule has 22 heavy (non-hydrogen) atoms. The first-order valence-corrected chi connectivity index (χ1v) is 7.09. The SMILES string of the molecule is Cc1ccc(-c2ocnc2C(=O)N2CCC(C(=O)O)C2)cc1. The molecule has 6 nitrogen and oxygen atoms in total. The number of oxazole rings is 1. The fourth-order valence-electron chi connectivity index (χ4n) is 2.60. The number of amides is 1. The molecule has 0 radical (unpaired) electrons. The number of likely N-dealkylation sites (tertiary alicyclic amines) is 1. The minimum absolute atomic E-state index is 0.217. The zero-order chi connectivity index (χ0) is 15.7. The smallest absolute Gasteiger partial charge is 0.308 e. The lowest BCUT2D eigenvalue weighted by atomic mass is 10.1. The summed E-state index contributed by atoms with van der Waals surface area (Å²) in [6.45, 7) is 2.62. The first-order valence-electron chi connectivity index (χ1n) is 7.09. The van der Waals surface area contributed by atoms with Gasteiger partial charge in [0.25, 0.3) is 5.91 Å². The van der Waals surface area contributed by atoms with Gasteiger partial charge in [-0.15, -0.1) is 0 Å². The Morgan fingerprint density at radius 2 is 2.05 bits per heavy atom. The summed E-state index contributed by atoms with van der Waals surface area (Å²) in [6, 6.07) is 7.61. The molecule has 3 rings (SSSR count). The van der Waals surface area contributed by atoms with Gasteiger partial charge in [-0.2, -0.15) is 0 Å². The van der Waals surface area contributed by atoms with E-state index in [9.17, 15) is 9.59 Å². The number of hydrogen-bond donors (Lipinski definition) is 1. The number of carboxylic acids is 1. The van der Waals surface area contributed by atoms with Gasteiger partial charge >= 0.3 is 5.97 Å². The van der Waals surface area contributed by atoms with Gasteiger partial charge in [0.05, 0.1) is 5.92 Å². The van der Waals surface area contributed by atoms with Crippen LogP contribution in [0.1, 0.15) is 22.5 Å². The molecule has 2 aromatic rings. The highest BCUT2D eigenvalue weighted by Gasteiger charge is 2.33. The molecule has 1 saturated heterocycles. The topological polar surface area (TPSA) is 83.6 Å².